The third-order valence-electron chi connectivity index (χ3n) is 4.04. The number of benzene rings is 1. The fraction of sp³-hybridized carbons (Fsp3) is 0.353. The first-order valence-corrected chi connectivity index (χ1v) is 8.73. The third-order valence-corrected chi connectivity index (χ3v) is 4.35. The second-order valence-electron chi connectivity index (χ2n) is 5.72. The fourth-order valence-corrected chi connectivity index (χ4v) is 2.96. The lowest BCUT2D eigenvalue weighted by atomic mass is 10.2. The van der Waals surface area contributed by atoms with E-state index in [1.165, 1.54) is 0 Å². The largest absolute Gasteiger partial charge is 0.450 e. The van der Waals surface area contributed by atoms with E-state index in [-0.39, 0.29) is 12.1 Å². The van der Waals surface area contributed by atoms with Gasteiger partial charge in [-0.05, 0) is 31.2 Å². The van der Waals surface area contributed by atoms with Gasteiger partial charge in [0.05, 0.1) is 17.3 Å². The summed E-state index contributed by atoms with van der Waals surface area (Å²) in [6.07, 6.45) is 3.12. The standard InChI is InChI=1S/C17H20ClN5O3/c1-2-26-17(25)22-10-8-21(9-11-22)16(24)20-13-4-5-15(14(18)12-13)23-7-3-6-19-23/h3-7,12H,2,8-11H2,1H3,(H,20,24). The Morgan fingerprint density at radius 3 is 2.58 bits per heavy atom. The van der Waals surface area contributed by atoms with Gasteiger partial charge in [-0.15, -0.1) is 0 Å². The summed E-state index contributed by atoms with van der Waals surface area (Å²) in [5.74, 6) is 0. The molecule has 0 spiro atoms. The van der Waals surface area contributed by atoms with E-state index in [2.05, 4.69) is 10.4 Å². The number of rotatable bonds is 3. The zero-order valence-electron chi connectivity index (χ0n) is 14.4. The van der Waals surface area contributed by atoms with Crippen LogP contribution in [0.15, 0.2) is 36.7 Å². The number of ether oxygens (including phenoxy) is 1. The maximum Gasteiger partial charge on any atom is 0.409 e. The molecule has 2 aromatic rings. The van der Waals surface area contributed by atoms with Crippen LogP contribution in [-0.4, -0.2) is 64.5 Å². The summed E-state index contributed by atoms with van der Waals surface area (Å²) >= 11 is 6.29. The second-order valence-corrected chi connectivity index (χ2v) is 6.13. The number of anilines is 1. The molecule has 1 saturated heterocycles. The van der Waals surface area contributed by atoms with Gasteiger partial charge in [0, 0.05) is 44.3 Å². The minimum absolute atomic E-state index is 0.226. The van der Waals surface area contributed by atoms with Crippen molar-refractivity contribution >= 4 is 29.4 Å². The van der Waals surface area contributed by atoms with E-state index in [0.29, 0.717) is 43.5 Å². The van der Waals surface area contributed by atoms with Crippen LogP contribution in [0.3, 0.4) is 0 Å². The van der Waals surface area contributed by atoms with Crippen molar-refractivity contribution < 1.29 is 14.3 Å². The lowest BCUT2D eigenvalue weighted by Gasteiger charge is -2.34. The Balaban J connectivity index is 1.57. The van der Waals surface area contributed by atoms with Crippen molar-refractivity contribution in [2.24, 2.45) is 0 Å². The molecule has 1 aromatic carbocycles. The number of nitrogens with one attached hydrogen (secondary N) is 1. The summed E-state index contributed by atoms with van der Waals surface area (Å²) in [7, 11) is 0. The number of halogens is 1. The lowest BCUT2D eigenvalue weighted by Crippen LogP contribution is -2.51. The molecular weight excluding hydrogens is 358 g/mol. The van der Waals surface area contributed by atoms with E-state index in [1.807, 2.05) is 6.07 Å². The Hall–Kier alpha value is -2.74. The highest BCUT2D eigenvalue weighted by Gasteiger charge is 2.24. The zero-order chi connectivity index (χ0) is 18.5. The number of carbonyl (C=O) groups is 2. The highest BCUT2D eigenvalue weighted by atomic mass is 35.5. The van der Waals surface area contributed by atoms with Gasteiger partial charge in [0.1, 0.15) is 0 Å². The SMILES string of the molecule is CCOC(=O)N1CCN(C(=O)Nc2ccc(-n3cccn3)c(Cl)c2)CC1. The van der Waals surface area contributed by atoms with E-state index >= 15 is 0 Å². The fourth-order valence-electron chi connectivity index (χ4n) is 2.69. The summed E-state index contributed by atoms with van der Waals surface area (Å²) in [6.45, 7) is 3.91. The molecule has 3 amide bonds. The van der Waals surface area contributed by atoms with Crippen molar-refractivity contribution in [1.29, 1.82) is 0 Å². The highest BCUT2D eigenvalue weighted by Crippen LogP contribution is 2.24. The maximum absolute atomic E-state index is 12.4. The highest BCUT2D eigenvalue weighted by molar-refractivity contribution is 6.32. The van der Waals surface area contributed by atoms with Crippen molar-refractivity contribution in [2.45, 2.75) is 6.92 Å². The molecule has 8 nitrogen and oxygen atoms in total. The molecule has 2 heterocycles. The van der Waals surface area contributed by atoms with Gasteiger partial charge in [0.2, 0.25) is 0 Å². The maximum atomic E-state index is 12.4. The molecule has 3 rings (SSSR count). The average Bonchev–Trinajstić information content (AvgIpc) is 3.16. The topological polar surface area (TPSA) is 79.7 Å². The first-order valence-electron chi connectivity index (χ1n) is 8.35. The number of nitrogens with zero attached hydrogens (tertiary/aromatic N) is 4. The van der Waals surface area contributed by atoms with Gasteiger partial charge in [-0.2, -0.15) is 5.10 Å². The summed E-state index contributed by atoms with van der Waals surface area (Å²) in [5.41, 5.74) is 1.33. The van der Waals surface area contributed by atoms with E-state index < -0.39 is 0 Å². The molecule has 0 atom stereocenters. The first kappa shape index (κ1) is 18.1. The Morgan fingerprint density at radius 1 is 1.23 bits per heavy atom. The third kappa shape index (κ3) is 4.08. The predicted octanol–water partition coefficient (Wildman–Crippen LogP) is 2.83. The summed E-state index contributed by atoms with van der Waals surface area (Å²) in [4.78, 5) is 27.4. The van der Waals surface area contributed by atoms with Crippen LogP contribution in [0.25, 0.3) is 5.69 Å². The molecule has 0 aliphatic carbocycles. The van der Waals surface area contributed by atoms with Crippen molar-refractivity contribution in [3.8, 4) is 5.69 Å². The molecule has 9 heteroatoms. The van der Waals surface area contributed by atoms with Crippen LogP contribution in [0.1, 0.15) is 6.92 Å². The van der Waals surface area contributed by atoms with Crippen LogP contribution in [0.4, 0.5) is 15.3 Å². The molecule has 138 valence electrons. The van der Waals surface area contributed by atoms with Crippen LogP contribution in [-0.2, 0) is 4.74 Å². The van der Waals surface area contributed by atoms with Gasteiger partial charge >= 0.3 is 12.1 Å². The predicted molar refractivity (Wildman–Crippen MR) is 97.8 cm³/mol. The quantitative estimate of drug-likeness (QED) is 0.891. The Labute approximate surface area is 156 Å². The zero-order valence-corrected chi connectivity index (χ0v) is 15.1. The molecule has 0 bridgehead atoms. The van der Waals surface area contributed by atoms with E-state index in [1.54, 1.807) is 52.0 Å². The van der Waals surface area contributed by atoms with Crippen LogP contribution in [0.5, 0.6) is 0 Å². The molecule has 1 fully saturated rings. The average molecular weight is 378 g/mol. The van der Waals surface area contributed by atoms with Crippen LogP contribution in [0.2, 0.25) is 5.02 Å². The normalized spacial score (nSPS) is 14.2. The van der Waals surface area contributed by atoms with Crippen molar-refractivity contribution in [3.63, 3.8) is 0 Å². The molecule has 26 heavy (non-hydrogen) atoms. The molecule has 1 aliphatic rings. The number of carbonyl (C=O) groups excluding carboxylic acids is 2. The summed E-state index contributed by atoms with van der Waals surface area (Å²) in [5, 5.41) is 7.46. The van der Waals surface area contributed by atoms with E-state index in [4.69, 9.17) is 16.3 Å². The molecule has 1 N–H and O–H groups in total. The summed E-state index contributed by atoms with van der Waals surface area (Å²) in [6, 6.07) is 6.84. The van der Waals surface area contributed by atoms with Gasteiger partial charge in [-0.1, -0.05) is 11.6 Å². The van der Waals surface area contributed by atoms with Crippen LogP contribution in [0, 0.1) is 0 Å². The van der Waals surface area contributed by atoms with Gasteiger partial charge < -0.3 is 19.9 Å². The Bertz CT molecular complexity index is 773. The number of aromatic nitrogens is 2. The van der Waals surface area contributed by atoms with Crippen molar-refractivity contribution in [2.75, 3.05) is 38.1 Å². The smallest absolute Gasteiger partial charge is 0.409 e. The molecular formula is C17H20ClN5O3. The summed E-state index contributed by atoms with van der Waals surface area (Å²) < 4.78 is 6.63. The molecule has 1 aromatic heterocycles. The van der Waals surface area contributed by atoms with Gasteiger partial charge in [0.15, 0.2) is 0 Å². The van der Waals surface area contributed by atoms with Crippen LogP contribution >= 0.6 is 11.6 Å². The second kappa shape index (κ2) is 8.09. The van der Waals surface area contributed by atoms with Gasteiger partial charge in [-0.25, -0.2) is 14.3 Å². The van der Waals surface area contributed by atoms with Crippen molar-refractivity contribution in [1.82, 2.24) is 19.6 Å². The van der Waals surface area contributed by atoms with E-state index in [9.17, 15) is 9.59 Å². The Morgan fingerprint density at radius 2 is 1.96 bits per heavy atom. The minimum atomic E-state index is -0.339. The number of hydrogen-bond donors (Lipinski definition) is 1. The minimum Gasteiger partial charge on any atom is -0.450 e. The Kier molecular flexibility index (Phi) is 5.62. The first-order chi connectivity index (χ1) is 12.6. The molecule has 0 saturated carbocycles. The van der Waals surface area contributed by atoms with Gasteiger partial charge in [-0.3, -0.25) is 0 Å². The van der Waals surface area contributed by atoms with E-state index in [0.717, 1.165) is 5.69 Å². The monoisotopic (exact) mass is 377 g/mol. The molecule has 0 unspecified atom stereocenters. The molecule has 1 aliphatic heterocycles. The van der Waals surface area contributed by atoms with Crippen LogP contribution < -0.4 is 5.32 Å². The molecule has 0 radical (unpaired) electrons. The number of urea groups is 1. The van der Waals surface area contributed by atoms with Crippen molar-refractivity contribution in [3.05, 3.63) is 41.7 Å². The van der Waals surface area contributed by atoms with Gasteiger partial charge in [0.25, 0.3) is 0 Å². The number of piperazine rings is 1. The number of hydrogen-bond acceptors (Lipinski definition) is 4. The lowest BCUT2D eigenvalue weighted by molar-refractivity contribution is 0.0868. The number of amides is 3.